The maximum Gasteiger partial charge on any atom is 0.303 e. The summed E-state index contributed by atoms with van der Waals surface area (Å²) in [5.74, 6) is -2.34. The summed E-state index contributed by atoms with van der Waals surface area (Å²) in [6.45, 7) is 1.07. The molecule has 0 spiro atoms. The van der Waals surface area contributed by atoms with E-state index >= 15 is 0 Å². The van der Waals surface area contributed by atoms with Gasteiger partial charge in [-0.2, -0.15) is 0 Å². The number of hydroxylamine groups is 4. The molecule has 6 N–H and O–H groups in total. The molecule has 0 saturated carbocycles. The highest BCUT2D eigenvalue weighted by atomic mass is 16.5. The molecule has 0 aliphatic heterocycles. The summed E-state index contributed by atoms with van der Waals surface area (Å²) in [4.78, 5) is 45.4. The Hall–Kier alpha value is -2.50. The summed E-state index contributed by atoms with van der Waals surface area (Å²) < 4.78 is 0. The normalized spacial score (nSPS) is 10.8. The van der Waals surface area contributed by atoms with E-state index in [0.717, 1.165) is 0 Å². The van der Waals surface area contributed by atoms with E-state index in [1.165, 1.54) is 0 Å². The smallest absolute Gasteiger partial charge is 0.303 e. The van der Waals surface area contributed by atoms with Crippen LogP contribution in [-0.4, -0.2) is 75.5 Å². The molecule has 11 nitrogen and oxygen atoms in total. The minimum absolute atomic E-state index is 0.0210. The van der Waals surface area contributed by atoms with Crippen LogP contribution in [0.4, 0.5) is 0 Å². The highest BCUT2D eigenvalue weighted by Crippen LogP contribution is 2.03. The van der Waals surface area contributed by atoms with Crippen LogP contribution in [0, 0.1) is 0 Å². The Morgan fingerprint density at radius 2 is 1.53 bits per heavy atom. The van der Waals surface area contributed by atoms with Gasteiger partial charge in [-0.25, -0.2) is 10.1 Å². The molecule has 0 radical (unpaired) electrons. The summed E-state index contributed by atoms with van der Waals surface area (Å²) in [6, 6.07) is 0. The summed E-state index contributed by atoms with van der Waals surface area (Å²) in [7, 11) is 0. The molecule has 0 fully saturated rings. The second-order valence-corrected chi connectivity index (χ2v) is 6.70. The molecule has 0 saturated heterocycles. The lowest BCUT2D eigenvalue weighted by Crippen LogP contribution is -2.30. The number of carboxylic acids is 1. The monoisotopic (exact) mass is 430 g/mol. The molecule has 0 rings (SSSR count). The number of nitrogens with two attached hydrogens (primary N) is 1. The molecule has 0 bridgehead atoms. The summed E-state index contributed by atoms with van der Waals surface area (Å²) in [6.07, 6.45) is 5.79. The molecular formula is C19H34N4O7. The molecule has 3 amide bonds. The molecule has 0 aromatic rings. The number of amides is 3. The minimum atomic E-state index is -0.983. The van der Waals surface area contributed by atoms with Gasteiger partial charge in [0.25, 0.3) is 0 Å². The van der Waals surface area contributed by atoms with Gasteiger partial charge in [0.15, 0.2) is 0 Å². The van der Waals surface area contributed by atoms with E-state index in [0.29, 0.717) is 48.9 Å². The lowest BCUT2D eigenvalue weighted by Gasteiger charge is -2.14. The van der Waals surface area contributed by atoms with Crippen LogP contribution < -0.4 is 11.1 Å². The topological polar surface area (TPSA) is 173 Å². The van der Waals surface area contributed by atoms with E-state index in [4.69, 9.17) is 10.8 Å². The zero-order valence-electron chi connectivity index (χ0n) is 17.3. The number of nitrogens with one attached hydrogen (secondary N) is 1. The number of nitrogens with zero attached hydrogens (tertiary/aromatic N) is 2. The number of hydrogen-bond acceptors (Lipinski definition) is 7. The van der Waals surface area contributed by atoms with Crippen molar-refractivity contribution in [3.63, 3.8) is 0 Å². The van der Waals surface area contributed by atoms with E-state index in [-0.39, 0.29) is 51.1 Å². The molecule has 0 aliphatic rings. The molecule has 0 atom stereocenters. The van der Waals surface area contributed by atoms with Crippen molar-refractivity contribution in [2.75, 3.05) is 26.2 Å². The fourth-order valence-electron chi connectivity index (χ4n) is 2.36. The summed E-state index contributed by atoms with van der Waals surface area (Å²) in [5.41, 5.74) is 5.32. The zero-order chi connectivity index (χ0) is 22.8. The number of unbranched alkanes of at least 4 members (excludes halogenated alkanes) is 2. The van der Waals surface area contributed by atoms with Gasteiger partial charge in [0.2, 0.25) is 17.7 Å². The molecular weight excluding hydrogens is 396 g/mol. The number of aliphatic carboxylic acids is 1. The van der Waals surface area contributed by atoms with Crippen LogP contribution in [0.25, 0.3) is 0 Å². The van der Waals surface area contributed by atoms with Crippen LogP contribution in [0.3, 0.4) is 0 Å². The fraction of sp³-hybridized carbons (Fsp3) is 0.684. The van der Waals surface area contributed by atoms with Crippen molar-refractivity contribution in [3.8, 4) is 0 Å². The maximum atomic E-state index is 11.7. The molecule has 0 aromatic heterocycles. The van der Waals surface area contributed by atoms with Crippen LogP contribution in [-0.2, 0) is 19.2 Å². The Labute approximate surface area is 176 Å². The van der Waals surface area contributed by atoms with Crippen molar-refractivity contribution >= 4 is 23.7 Å². The predicted octanol–water partition coefficient (Wildman–Crippen LogP) is 0.649. The number of carbonyl (C=O) groups is 4. The number of rotatable bonds is 17. The molecule has 172 valence electrons. The van der Waals surface area contributed by atoms with Crippen LogP contribution in [0.1, 0.15) is 57.8 Å². The average molecular weight is 431 g/mol. The second kappa shape index (κ2) is 17.4. The van der Waals surface area contributed by atoms with Crippen LogP contribution in [0.2, 0.25) is 0 Å². The molecule has 0 unspecified atom stereocenters. The first kappa shape index (κ1) is 27.5. The van der Waals surface area contributed by atoms with Gasteiger partial charge in [0.1, 0.15) is 0 Å². The van der Waals surface area contributed by atoms with Crippen molar-refractivity contribution in [3.05, 3.63) is 12.2 Å². The number of carboxylic acid groups (broad SMARTS) is 1. The fourth-order valence-corrected chi connectivity index (χ4v) is 2.36. The van der Waals surface area contributed by atoms with Gasteiger partial charge in [-0.15, -0.1) is 0 Å². The average Bonchev–Trinajstić information content (AvgIpc) is 2.71. The van der Waals surface area contributed by atoms with Crippen molar-refractivity contribution in [2.45, 2.75) is 57.8 Å². The summed E-state index contributed by atoms with van der Waals surface area (Å²) >= 11 is 0. The van der Waals surface area contributed by atoms with Gasteiger partial charge in [0, 0.05) is 38.8 Å². The third kappa shape index (κ3) is 15.4. The van der Waals surface area contributed by atoms with Crippen LogP contribution in [0.15, 0.2) is 12.2 Å². The first-order valence-electron chi connectivity index (χ1n) is 10.1. The first-order valence-corrected chi connectivity index (χ1v) is 10.1. The number of carbonyl (C=O) groups excluding carboxylic acids is 3. The Kier molecular flexibility index (Phi) is 15.9. The molecule has 0 aromatic carbocycles. The van der Waals surface area contributed by atoms with Crippen molar-refractivity contribution in [1.82, 2.24) is 15.4 Å². The van der Waals surface area contributed by atoms with E-state index in [1.807, 2.05) is 0 Å². The lowest BCUT2D eigenvalue weighted by atomic mass is 10.2. The maximum absolute atomic E-state index is 11.7. The minimum Gasteiger partial charge on any atom is -0.481 e. The van der Waals surface area contributed by atoms with Gasteiger partial charge in [-0.05, 0) is 38.6 Å². The van der Waals surface area contributed by atoms with Gasteiger partial charge >= 0.3 is 5.97 Å². The van der Waals surface area contributed by atoms with Gasteiger partial charge in [0.05, 0.1) is 6.54 Å². The lowest BCUT2D eigenvalue weighted by molar-refractivity contribution is -0.165. The molecule has 0 aliphatic carbocycles. The third-order valence-corrected chi connectivity index (χ3v) is 4.07. The van der Waals surface area contributed by atoms with Gasteiger partial charge in [-0.1, -0.05) is 12.2 Å². The zero-order valence-corrected chi connectivity index (χ0v) is 17.3. The second-order valence-electron chi connectivity index (χ2n) is 6.70. The van der Waals surface area contributed by atoms with E-state index < -0.39 is 17.8 Å². The molecule has 30 heavy (non-hydrogen) atoms. The van der Waals surface area contributed by atoms with Crippen molar-refractivity contribution < 1.29 is 34.7 Å². The van der Waals surface area contributed by atoms with E-state index in [9.17, 15) is 29.6 Å². The summed E-state index contributed by atoms with van der Waals surface area (Å²) in [5, 5.41) is 31.5. The van der Waals surface area contributed by atoms with E-state index in [2.05, 4.69) is 5.32 Å². The van der Waals surface area contributed by atoms with Crippen LogP contribution >= 0.6 is 0 Å². The Bertz CT molecular complexity index is 569. The Morgan fingerprint density at radius 1 is 0.833 bits per heavy atom. The Balaban J connectivity index is 3.74. The quantitative estimate of drug-likeness (QED) is 0.0967. The van der Waals surface area contributed by atoms with Crippen molar-refractivity contribution in [2.24, 2.45) is 5.73 Å². The first-order chi connectivity index (χ1) is 14.3. The SMILES string of the molecule is NCCC=CCN(O)C(=O)CCC(=O)NCCCCCN(O)C(=O)CCCC(=O)O. The highest BCUT2D eigenvalue weighted by molar-refractivity contribution is 5.83. The number of hydrogen-bond donors (Lipinski definition) is 5. The van der Waals surface area contributed by atoms with Crippen LogP contribution in [0.5, 0.6) is 0 Å². The highest BCUT2D eigenvalue weighted by Gasteiger charge is 2.12. The van der Waals surface area contributed by atoms with Crippen molar-refractivity contribution in [1.29, 1.82) is 0 Å². The largest absolute Gasteiger partial charge is 0.481 e. The standard InChI is InChI=1S/C19H34N4O7/c20-12-3-1-5-14-23(30)18(26)11-10-16(24)21-13-4-2-6-15-22(29)17(25)8-7-9-19(27)28/h1,5,29-30H,2-4,6-15,20H2,(H,21,24)(H,27,28). The Morgan fingerprint density at radius 3 is 2.20 bits per heavy atom. The van der Waals surface area contributed by atoms with E-state index in [1.54, 1.807) is 12.2 Å². The van der Waals surface area contributed by atoms with Gasteiger partial charge in [-0.3, -0.25) is 29.6 Å². The molecule has 11 heteroatoms. The third-order valence-electron chi connectivity index (χ3n) is 4.07. The molecule has 0 heterocycles. The predicted molar refractivity (Wildman–Crippen MR) is 107 cm³/mol. The van der Waals surface area contributed by atoms with Gasteiger partial charge < -0.3 is 16.2 Å².